The smallest absolute Gasteiger partial charge is 0.330 e. The predicted octanol–water partition coefficient (Wildman–Crippen LogP) is 5.11. The second-order valence-electron chi connectivity index (χ2n) is 11.7. The first-order valence-corrected chi connectivity index (χ1v) is 14.1. The number of methoxy groups -OCH3 is 2. The van der Waals surface area contributed by atoms with Gasteiger partial charge in [-0.1, -0.05) is 18.2 Å². The van der Waals surface area contributed by atoms with Crippen molar-refractivity contribution in [3.8, 4) is 28.4 Å². The summed E-state index contributed by atoms with van der Waals surface area (Å²) < 4.78 is 13.1. The number of carbonyl (C=O) groups is 2. The first-order valence-electron chi connectivity index (χ1n) is 14.1. The molecule has 2 heterocycles. The second-order valence-corrected chi connectivity index (χ2v) is 11.7. The summed E-state index contributed by atoms with van der Waals surface area (Å²) in [6, 6.07) is 14.9. The maximum absolute atomic E-state index is 14.0. The number of amides is 1. The van der Waals surface area contributed by atoms with E-state index in [0.29, 0.717) is 34.6 Å². The van der Waals surface area contributed by atoms with Crippen LogP contribution in [0, 0.1) is 23.7 Å². The van der Waals surface area contributed by atoms with Gasteiger partial charge in [0.15, 0.2) is 5.69 Å². The molecular formula is C32H32N4O5. The summed E-state index contributed by atoms with van der Waals surface area (Å²) >= 11 is 0. The third kappa shape index (κ3) is 3.89. The summed E-state index contributed by atoms with van der Waals surface area (Å²) in [7, 11) is 3.17. The van der Waals surface area contributed by atoms with Crippen LogP contribution in [0.25, 0.3) is 27.7 Å². The minimum absolute atomic E-state index is 0.0679. The van der Waals surface area contributed by atoms with Crippen molar-refractivity contribution in [1.82, 2.24) is 20.1 Å². The van der Waals surface area contributed by atoms with Gasteiger partial charge in [-0.25, -0.2) is 9.48 Å². The van der Waals surface area contributed by atoms with E-state index in [9.17, 15) is 14.7 Å². The number of ether oxygens (including phenoxy) is 2. The highest BCUT2D eigenvalue weighted by molar-refractivity contribution is 5.99. The maximum atomic E-state index is 14.0. The molecule has 4 aliphatic carbocycles. The van der Waals surface area contributed by atoms with E-state index < -0.39 is 17.4 Å². The number of pyridine rings is 1. The van der Waals surface area contributed by atoms with Crippen LogP contribution in [0.1, 0.15) is 42.6 Å². The van der Waals surface area contributed by atoms with Crippen molar-refractivity contribution >= 4 is 22.6 Å². The average molecular weight is 553 g/mol. The molecule has 2 N–H and O–H groups in total. The lowest BCUT2D eigenvalue weighted by molar-refractivity contribution is -0.163. The molecule has 8 rings (SSSR count). The Morgan fingerprint density at radius 1 is 0.951 bits per heavy atom. The van der Waals surface area contributed by atoms with E-state index in [2.05, 4.69) is 10.3 Å². The number of carbonyl (C=O) groups excluding carboxylic acids is 1. The zero-order chi connectivity index (χ0) is 28.3. The van der Waals surface area contributed by atoms with Crippen molar-refractivity contribution in [3.05, 3.63) is 66.6 Å². The van der Waals surface area contributed by atoms with Crippen LogP contribution in [0.3, 0.4) is 0 Å². The zero-order valence-electron chi connectivity index (χ0n) is 23.0. The molecular weight excluding hydrogens is 520 g/mol. The van der Waals surface area contributed by atoms with Crippen molar-refractivity contribution in [1.29, 1.82) is 0 Å². The molecule has 4 bridgehead atoms. The molecule has 0 unspecified atom stereocenters. The molecule has 41 heavy (non-hydrogen) atoms. The van der Waals surface area contributed by atoms with Crippen LogP contribution in [0.2, 0.25) is 0 Å². The van der Waals surface area contributed by atoms with Gasteiger partial charge in [0.1, 0.15) is 17.0 Å². The summed E-state index contributed by atoms with van der Waals surface area (Å²) in [6.45, 7) is 0. The van der Waals surface area contributed by atoms with Crippen LogP contribution >= 0.6 is 0 Å². The van der Waals surface area contributed by atoms with E-state index >= 15 is 0 Å². The summed E-state index contributed by atoms with van der Waals surface area (Å²) in [5.74, 6) is 0.675. The van der Waals surface area contributed by atoms with Gasteiger partial charge in [-0.2, -0.15) is 5.10 Å². The molecule has 4 fully saturated rings. The van der Waals surface area contributed by atoms with E-state index in [1.54, 1.807) is 37.4 Å². The number of benzene rings is 2. The number of rotatable bonds is 7. The largest absolute Gasteiger partial charge is 0.496 e. The van der Waals surface area contributed by atoms with E-state index in [4.69, 9.17) is 14.6 Å². The maximum Gasteiger partial charge on any atom is 0.330 e. The highest BCUT2D eigenvalue weighted by atomic mass is 16.5. The van der Waals surface area contributed by atoms with Crippen LogP contribution in [0.4, 0.5) is 0 Å². The number of hydrogen-bond acceptors (Lipinski definition) is 6. The molecule has 0 radical (unpaired) electrons. The molecule has 0 spiro atoms. The average Bonchev–Trinajstić information content (AvgIpc) is 3.42. The van der Waals surface area contributed by atoms with Crippen molar-refractivity contribution in [2.24, 2.45) is 23.7 Å². The molecule has 2 aromatic heterocycles. The van der Waals surface area contributed by atoms with Gasteiger partial charge >= 0.3 is 5.97 Å². The lowest BCUT2D eigenvalue weighted by Crippen LogP contribution is -2.70. The van der Waals surface area contributed by atoms with Crippen molar-refractivity contribution < 1.29 is 24.2 Å². The minimum Gasteiger partial charge on any atom is -0.496 e. The number of nitrogens with one attached hydrogen (secondary N) is 1. The lowest BCUT2D eigenvalue weighted by atomic mass is 9.48. The van der Waals surface area contributed by atoms with Gasteiger partial charge in [0, 0.05) is 23.2 Å². The van der Waals surface area contributed by atoms with Crippen LogP contribution < -0.4 is 14.8 Å². The highest BCUT2D eigenvalue weighted by Gasteiger charge is 2.62. The van der Waals surface area contributed by atoms with Crippen molar-refractivity contribution in [2.75, 3.05) is 14.2 Å². The van der Waals surface area contributed by atoms with Crippen LogP contribution in [-0.4, -0.2) is 51.5 Å². The molecule has 4 aromatic rings. The standard InChI is InChI=1S/C32H32N4O5/c1-40-27-7-4-8-28(41-2)29(27)26-16-24(35-36(26)25-6-3-5-20-17-33-10-9-23(20)25)30(37)34-32(31(38)39)21-12-18-11-19(14-21)15-22(32)13-18/h3-10,16-19,21-22H,11-15H2,1-2H3,(H,34,37)(H,38,39). The summed E-state index contributed by atoms with van der Waals surface area (Å²) in [5, 5.41) is 20.3. The Kier molecular flexibility index (Phi) is 5.99. The number of aromatic nitrogens is 3. The SMILES string of the molecule is COc1cccc(OC)c1-c1cc(C(=O)NC2(C(=O)O)C3CC4CC(C3)CC2C4)nn1-c1cccc2cnccc12. The Morgan fingerprint density at radius 3 is 2.24 bits per heavy atom. The molecule has 210 valence electrons. The summed E-state index contributed by atoms with van der Waals surface area (Å²) in [6.07, 6.45) is 8.08. The van der Waals surface area contributed by atoms with Gasteiger partial charge in [0.2, 0.25) is 0 Å². The fourth-order valence-electron chi connectivity index (χ4n) is 8.03. The predicted molar refractivity (Wildman–Crippen MR) is 152 cm³/mol. The van der Waals surface area contributed by atoms with Crippen LogP contribution in [0.5, 0.6) is 11.5 Å². The minimum atomic E-state index is -1.28. The molecule has 0 atom stereocenters. The van der Waals surface area contributed by atoms with Crippen molar-refractivity contribution in [3.63, 3.8) is 0 Å². The number of hydrogen-bond donors (Lipinski definition) is 2. The molecule has 0 aliphatic heterocycles. The monoisotopic (exact) mass is 552 g/mol. The Morgan fingerprint density at radius 2 is 1.61 bits per heavy atom. The molecule has 9 nitrogen and oxygen atoms in total. The number of carboxylic acid groups (broad SMARTS) is 1. The van der Waals surface area contributed by atoms with Gasteiger partial charge in [0.25, 0.3) is 5.91 Å². The van der Waals surface area contributed by atoms with Crippen LogP contribution in [0.15, 0.2) is 60.9 Å². The van der Waals surface area contributed by atoms with E-state index in [1.807, 2.05) is 42.5 Å². The van der Waals surface area contributed by atoms with E-state index in [0.717, 1.165) is 42.1 Å². The Balaban J connectivity index is 1.37. The summed E-state index contributed by atoms with van der Waals surface area (Å²) in [5.41, 5.74) is 0.825. The molecule has 4 aliphatic rings. The third-order valence-corrected chi connectivity index (χ3v) is 9.61. The number of nitrogens with zero attached hydrogens (tertiary/aromatic N) is 3. The Bertz CT molecular complexity index is 1620. The molecule has 1 amide bonds. The number of aliphatic carboxylic acids is 1. The van der Waals surface area contributed by atoms with Gasteiger partial charge in [-0.3, -0.25) is 9.78 Å². The third-order valence-electron chi connectivity index (χ3n) is 9.61. The van der Waals surface area contributed by atoms with E-state index in [1.165, 1.54) is 6.42 Å². The van der Waals surface area contributed by atoms with E-state index in [-0.39, 0.29) is 17.5 Å². The lowest BCUT2D eigenvalue weighted by Gasteiger charge is -2.59. The first-order chi connectivity index (χ1) is 19.9. The van der Waals surface area contributed by atoms with Crippen LogP contribution in [-0.2, 0) is 4.79 Å². The Labute approximate surface area is 237 Å². The fraction of sp³-hybridized carbons (Fsp3) is 0.375. The highest BCUT2D eigenvalue weighted by Crippen LogP contribution is 2.58. The molecule has 0 saturated heterocycles. The van der Waals surface area contributed by atoms with Gasteiger partial charge in [0.05, 0.1) is 31.2 Å². The molecule has 2 aromatic carbocycles. The number of carboxylic acids is 1. The fourth-order valence-corrected chi connectivity index (χ4v) is 8.03. The second kappa shape index (κ2) is 9.61. The Hall–Kier alpha value is -4.40. The first kappa shape index (κ1) is 25.6. The normalized spacial score (nSPS) is 26.2. The quantitative estimate of drug-likeness (QED) is 0.327. The molecule has 9 heteroatoms. The number of fused-ring (bicyclic) bond motifs is 1. The topological polar surface area (TPSA) is 116 Å². The van der Waals surface area contributed by atoms with Crippen molar-refractivity contribution in [2.45, 2.75) is 37.6 Å². The van der Waals surface area contributed by atoms with Gasteiger partial charge in [-0.05, 0) is 86.1 Å². The van der Waals surface area contributed by atoms with Gasteiger partial charge in [-0.15, -0.1) is 0 Å². The summed E-state index contributed by atoms with van der Waals surface area (Å²) in [4.78, 5) is 31.2. The molecule has 4 saturated carbocycles. The zero-order valence-corrected chi connectivity index (χ0v) is 23.0. The van der Waals surface area contributed by atoms with Gasteiger partial charge < -0.3 is 19.9 Å².